The molecule has 0 aliphatic heterocycles. The summed E-state index contributed by atoms with van der Waals surface area (Å²) in [6.45, 7) is 3.58. The molecule has 0 saturated carbocycles. The van der Waals surface area contributed by atoms with E-state index in [4.69, 9.17) is 0 Å². The fourth-order valence-corrected chi connectivity index (χ4v) is 0.321. The van der Waals surface area contributed by atoms with Crippen LogP contribution in [0.15, 0.2) is 0 Å². The highest BCUT2D eigenvalue weighted by atomic mass is 19.3. The second kappa shape index (κ2) is 2.80. The molecule has 0 aromatic carbocycles. The van der Waals surface area contributed by atoms with Crippen molar-refractivity contribution < 1.29 is 13.6 Å². The summed E-state index contributed by atoms with van der Waals surface area (Å²) in [4.78, 5) is 3.88. The lowest BCUT2D eigenvalue weighted by Crippen LogP contribution is -2.39. The van der Waals surface area contributed by atoms with Crippen molar-refractivity contribution in [1.29, 1.82) is 0 Å². The Bertz CT molecular complexity index is 109. The van der Waals surface area contributed by atoms with Crippen LogP contribution in [0.4, 0.5) is 8.78 Å². The van der Waals surface area contributed by atoms with Gasteiger partial charge in [-0.05, 0) is 0 Å². The summed E-state index contributed by atoms with van der Waals surface area (Å²) >= 11 is 0. The average Bonchev–Trinajstić information content (AvgIpc) is 1.61. The van der Waals surface area contributed by atoms with Crippen LogP contribution in [-0.2, 0) is 4.84 Å². The molecule has 0 spiro atoms. The molecule has 10 heavy (non-hydrogen) atoms. The summed E-state index contributed by atoms with van der Waals surface area (Å²) in [6, 6.07) is 0. The van der Waals surface area contributed by atoms with Gasteiger partial charge in [-0.3, -0.25) is 4.84 Å². The van der Waals surface area contributed by atoms with Gasteiger partial charge < -0.3 is 0 Å². The Morgan fingerprint density at radius 1 is 1.30 bits per heavy atom. The van der Waals surface area contributed by atoms with Crippen LogP contribution in [0.25, 0.3) is 0 Å². The molecule has 0 fully saturated rings. The molecule has 0 aromatic rings. The lowest BCUT2D eigenvalue weighted by atomic mass is 9.89. The van der Waals surface area contributed by atoms with Gasteiger partial charge in [0.15, 0.2) is 0 Å². The minimum Gasteiger partial charge on any atom is -0.298 e. The Hall–Kier alpha value is -0.220. The normalized spacial score (nSPS) is 13.8. The van der Waals surface area contributed by atoms with Crippen molar-refractivity contribution in [1.82, 2.24) is 0 Å². The van der Waals surface area contributed by atoms with Crippen molar-refractivity contribution in [3.8, 4) is 0 Å². The summed E-state index contributed by atoms with van der Waals surface area (Å²) < 4.78 is 25.5. The second-order valence-electron chi connectivity index (χ2n) is 3.27. The first-order chi connectivity index (χ1) is 4.31. The van der Waals surface area contributed by atoms with Crippen LogP contribution in [0, 0.1) is 5.41 Å². The van der Waals surface area contributed by atoms with Gasteiger partial charge in [0.05, 0.1) is 0 Å². The van der Waals surface area contributed by atoms with Crippen LogP contribution < -0.4 is 5.90 Å². The first kappa shape index (κ1) is 9.78. The third-order valence-corrected chi connectivity index (χ3v) is 1.36. The maximum absolute atomic E-state index is 12.7. The minimum absolute atomic E-state index is 0.726. The Morgan fingerprint density at radius 3 is 1.80 bits per heavy atom. The first-order valence-electron chi connectivity index (χ1n) is 3.01. The summed E-state index contributed by atoms with van der Waals surface area (Å²) in [5, 5.41) is 0. The average molecular weight is 153 g/mol. The van der Waals surface area contributed by atoms with Gasteiger partial charge in [0, 0.05) is 5.41 Å². The van der Waals surface area contributed by atoms with Gasteiger partial charge in [-0.2, -0.15) is 0 Å². The third-order valence-electron chi connectivity index (χ3n) is 1.36. The van der Waals surface area contributed by atoms with Crippen LogP contribution in [-0.4, -0.2) is 12.5 Å². The smallest absolute Gasteiger partial charge is 0.277 e. The zero-order valence-electron chi connectivity index (χ0n) is 6.45. The molecule has 2 N–H and O–H groups in total. The summed E-state index contributed by atoms with van der Waals surface area (Å²) in [6.07, 6.45) is 0. The van der Waals surface area contributed by atoms with Gasteiger partial charge in [-0.1, -0.05) is 20.8 Å². The van der Waals surface area contributed by atoms with Crippen molar-refractivity contribution in [3.05, 3.63) is 0 Å². The molecule has 0 aromatic heterocycles. The minimum atomic E-state index is -2.86. The van der Waals surface area contributed by atoms with Gasteiger partial charge in [0.2, 0.25) is 0 Å². The third kappa shape index (κ3) is 2.19. The second-order valence-corrected chi connectivity index (χ2v) is 3.27. The maximum Gasteiger partial charge on any atom is 0.277 e. The predicted octanol–water partition coefficient (Wildman–Crippen LogP) is 1.56. The van der Waals surface area contributed by atoms with Crippen molar-refractivity contribution in [3.63, 3.8) is 0 Å². The van der Waals surface area contributed by atoms with Gasteiger partial charge in [-0.15, -0.1) is 0 Å². The molecule has 0 unspecified atom stereocenters. The van der Waals surface area contributed by atoms with E-state index in [1.54, 1.807) is 0 Å². The lowest BCUT2D eigenvalue weighted by Gasteiger charge is -2.28. The lowest BCUT2D eigenvalue weighted by molar-refractivity contribution is -0.147. The number of nitrogens with two attached hydrogens (primary N) is 1. The number of hydrogen-bond donors (Lipinski definition) is 1. The topological polar surface area (TPSA) is 35.2 Å². The molecule has 2 nitrogen and oxygen atoms in total. The van der Waals surface area contributed by atoms with Crippen molar-refractivity contribution in [2.24, 2.45) is 11.3 Å². The van der Waals surface area contributed by atoms with Crippen LogP contribution >= 0.6 is 0 Å². The molecular weight excluding hydrogens is 140 g/mol. The standard InChI is InChI=1S/C6H13F2NO/c1-5(2,3)6(7,8)4-10-9/h4,9H2,1-3H3. The zero-order chi connectivity index (χ0) is 8.41. The summed E-state index contributed by atoms with van der Waals surface area (Å²) in [7, 11) is 0. The van der Waals surface area contributed by atoms with Gasteiger partial charge in [-0.25, -0.2) is 14.7 Å². The Balaban J connectivity index is 4.10. The highest BCUT2D eigenvalue weighted by Crippen LogP contribution is 2.35. The number of rotatable bonds is 2. The quantitative estimate of drug-likeness (QED) is 0.611. The molecule has 0 bridgehead atoms. The van der Waals surface area contributed by atoms with Gasteiger partial charge >= 0.3 is 0 Å². The van der Waals surface area contributed by atoms with Crippen LogP contribution in [0.1, 0.15) is 20.8 Å². The fourth-order valence-electron chi connectivity index (χ4n) is 0.321. The van der Waals surface area contributed by atoms with Crippen molar-refractivity contribution in [2.45, 2.75) is 26.7 Å². The van der Waals surface area contributed by atoms with Gasteiger partial charge in [0.25, 0.3) is 5.92 Å². The molecule has 62 valence electrons. The molecule has 0 radical (unpaired) electrons. The Morgan fingerprint density at radius 2 is 1.70 bits per heavy atom. The van der Waals surface area contributed by atoms with E-state index in [2.05, 4.69) is 10.7 Å². The van der Waals surface area contributed by atoms with Crippen LogP contribution in [0.2, 0.25) is 0 Å². The fraction of sp³-hybridized carbons (Fsp3) is 1.00. The first-order valence-corrected chi connectivity index (χ1v) is 3.01. The molecule has 0 saturated heterocycles. The van der Waals surface area contributed by atoms with E-state index in [9.17, 15) is 8.78 Å². The summed E-state index contributed by atoms with van der Waals surface area (Å²) in [5.41, 5.74) is -1.09. The van der Waals surface area contributed by atoms with Crippen molar-refractivity contribution in [2.75, 3.05) is 6.61 Å². The largest absolute Gasteiger partial charge is 0.298 e. The summed E-state index contributed by atoms with van der Waals surface area (Å²) in [5.74, 6) is 1.67. The molecule has 0 rings (SSSR count). The van der Waals surface area contributed by atoms with E-state index >= 15 is 0 Å². The predicted molar refractivity (Wildman–Crippen MR) is 34.5 cm³/mol. The Kier molecular flexibility index (Phi) is 2.74. The van der Waals surface area contributed by atoms with E-state index < -0.39 is 17.9 Å². The molecule has 0 heterocycles. The van der Waals surface area contributed by atoms with E-state index in [1.165, 1.54) is 20.8 Å². The number of halogens is 2. The Labute approximate surface area is 59.3 Å². The number of alkyl halides is 2. The molecule has 4 heteroatoms. The van der Waals surface area contributed by atoms with E-state index in [-0.39, 0.29) is 0 Å². The van der Waals surface area contributed by atoms with E-state index in [0.717, 1.165) is 0 Å². The highest BCUT2D eigenvalue weighted by molar-refractivity contribution is 4.80. The van der Waals surface area contributed by atoms with Crippen LogP contribution in [0.5, 0.6) is 0 Å². The molecule has 0 aliphatic carbocycles. The van der Waals surface area contributed by atoms with Gasteiger partial charge in [0.1, 0.15) is 6.61 Å². The highest BCUT2D eigenvalue weighted by Gasteiger charge is 2.43. The maximum atomic E-state index is 12.7. The van der Waals surface area contributed by atoms with E-state index in [1.807, 2.05) is 0 Å². The van der Waals surface area contributed by atoms with E-state index in [0.29, 0.717) is 0 Å². The molecule has 0 aliphatic rings. The SMILES string of the molecule is CC(C)(C)C(F)(F)CON. The number of hydrogen-bond acceptors (Lipinski definition) is 2. The monoisotopic (exact) mass is 153 g/mol. The molecule has 0 atom stereocenters. The zero-order valence-corrected chi connectivity index (χ0v) is 6.45. The molecule has 0 amide bonds. The molecular formula is C6H13F2NO. The van der Waals surface area contributed by atoms with Crippen LogP contribution in [0.3, 0.4) is 0 Å². The van der Waals surface area contributed by atoms with Crippen molar-refractivity contribution >= 4 is 0 Å².